The van der Waals surface area contributed by atoms with Crippen LogP contribution < -0.4 is 10.2 Å². The van der Waals surface area contributed by atoms with Crippen molar-refractivity contribution >= 4 is 17.3 Å². The summed E-state index contributed by atoms with van der Waals surface area (Å²) in [7, 11) is 0. The van der Waals surface area contributed by atoms with Crippen LogP contribution >= 0.6 is 0 Å². The molecule has 0 unspecified atom stereocenters. The van der Waals surface area contributed by atoms with E-state index >= 15 is 0 Å². The van der Waals surface area contributed by atoms with Crippen molar-refractivity contribution in [2.75, 3.05) is 36.5 Å². The molecule has 2 heterocycles. The largest absolute Gasteiger partial charge is 0.378 e. The van der Waals surface area contributed by atoms with E-state index in [0.717, 1.165) is 56.2 Å². The minimum atomic E-state index is 0.558. The van der Waals surface area contributed by atoms with Gasteiger partial charge in [0, 0.05) is 24.5 Å². The molecule has 0 aliphatic carbocycles. The summed E-state index contributed by atoms with van der Waals surface area (Å²) < 4.78 is 5.43. The van der Waals surface area contributed by atoms with Crippen molar-refractivity contribution in [2.45, 2.75) is 33.6 Å². The molecular formula is C18H25N5O. The fraction of sp³-hybridized carbons (Fsp3) is 0.500. The van der Waals surface area contributed by atoms with Crippen LogP contribution in [0.2, 0.25) is 0 Å². The smallest absolute Gasteiger partial charge is 0.247 e. The molecular weight excluding hydrogens is 302 g/mol. The molecule has 1 aliphatic rings. The molecule has 3 rings (SSSR count). The normalized spacial score (nSPS) is 14.7. The number of nitrogens with zero attached hydrogens (tertiary/aromatic N) is 4. The first kappa shape index (κ1) is 16.6. The van der Waals surface area contributed by atoms with Crippen molar-refractivity contribution in [3.63, 3.8) is 0 Å². The van der Waals surface area contributed by atoms with E-state index < -0.39 is 0 Å². The molecule has 0 bridgehead atoms. The van der Waals surface area contributed by atoms with Crippen molar-refractivity contribution in [1.82, 2.24) is 15.2 Å². The molecule has 24 heavy (non-hydrogen) atoms. The van der Waals surface area contributed by atoms with Crippen LogP contribution in [0.5, 0.6) is 0 Å². The first-order valence-corrected chi connectivity index (χ1v) is 8.64. The van der Waals surface area contributed by atoms with Crippen LogP contribution in [0.1, 0.15) is 30.8 Å². The number of morpholine rings is 1. The van der Waals surface area contributed by atoms with Crippen molar-refractivity contribution in [3.05, 3.63) is 35.2 Å². The lowest BCUT2D eigenvalue weighted by Gasteiger charge is -2.30. The van der Waals surface area contributed by atoms with Crippen molar-refractivity contribution in [2.24, 2.45) is 0 Å². The molecule has 1 N–H and O–H groups in total. The summed E-state index contributed by atoms with van der Waals surface area (Å²) in [4.78, 5) is 6.95. The van der Waals surface area contributed by atoms with Gasteiger partial charge in [0.1, 0.15) is 0 Å². The lowest BCUT2D eigenvalue weighted by atomic mass is 10.1. The Balaban J connectivity index is 1.77. The third-order valence-corrected chi connectivity index (χ3v) is 4.31. The van der Waals surface area contributed by atoms with E-state index in [1.54, 1.807) is 0 Å². The Bertz CT molecular complexity index is 698. The maximum absolute atomic E-state index is 5.43. The average Bonchev–Trinajstić information content (AvgIpc) is 2.62. The van der Waals surface area contributed by atoms with Gasteiger partial charge in [-0.1, -0.05) is 13.8 Å². The fourth-order valence-electron chi connectivity index (χ4n) is 3.01. The zero-order valence-corrected chi connectivity index (χ0v) is 14.7. The quantitative estimate of drug-likeness (QED) is 0.911. The van der Waals surface area contributed by atoms with Crippen LogP contribution in [0.15, 0.2) is 18.2 Å². The Kier molecular flexibility index (Phi) is 5.25. The minimum absolute atomic E-state index is 0.558. The molecule has 6 heteroatoms. The standard InChI is InChI=1S/C18H25N5O/c1-4-15-16(5-2)21-22-18(20-15)19-14-6-7-17(13(3)12-14)23-8-10-24-11-9-23/h6-7,12H,4-5,8-11H2,1-3H3,(H,19,20,22). The second kappa shape index (κ2) is 7.57. The Labute approximate surface area is 143 Å². The Morgan fingerprint density at radius 1 is 1.08 bits per heavy atom. The summed E-state index contributed by atoms with van der Waals surface area (Å²) in [6.07, 6.45) is 1.72. The number of rotatable bonds is 5. The second-order valence-corrected chi connectivity index (χ2v) is 5.96. The highest BCUT2D eigenvalue weighted by molar-refractivity contribution is 5.63. The van der Waals surface area contributed by atoms with Gasteiger partial charge in [0.25, 0.3) is 0 Å². The summed E-state index contributed by atoms with van der Waals surface area (Å²) in [5.41, 5.74) is 5.46. The van der Waals surface area contributed by atoms with Crippen molar-refractivity contribution in [1.29, 1.82) is 0 Å². The molecule has 1 aliphatic heterocycles. The van der Waals surface area contributed by atoms with Crippen LogP contribution in [0.3, 0.4) is 0 Å². The molecule has 0 spiro atoms. The monoisotopic (exact) mass is 327 g/mol. The molecule has 128 valence electrons. The first-order chi connectivity index (χ1) is 11.7. The van der Waals surface area contributed by atoms with Gasteiger partial charge in [-0.25, -0.2) is 4.98 Å². The number of ether oxygens (including phenoxy) is 1. The van der Waals surface area contributed by atoms with Gasteiger partial charge in [-0.2, -0.15) is 0 Å². The van der Waals surface area contributed by atoms with Gasteiger partial charge in [0.15, 0.2) is 0 Å². The van der Waals surface area contributed by atoms with Gasteiger partial charge >= 0.3 is 0 Å². The summed E-state index contributed by atoms with van der Waals surface area (Å²) in [6, 6.07) is 6.35. The Morgan fingerprint density at radius 2 is 1.83 bits per heavy atom. The van der Waals surface area contributed by atoms with Crippen molar-refractivity contribution < 1.29 is 4.74 Å². The van der Waals surface area contributed by atoms with Crippen molar-refractivity contribution in [3.8, 4) is 0 Å². The molecule has 1 saturated heterocycles. The topological polar surface area (TPSA) is 63.2 Å². The van der Waals surface area contributed by atoms with Crippen LogP contribution in [0, 0.1) is 6.92 Å². The molecule has 0 atom stereocenters. The number of hydrogen-bond donors (Lipinski definition) is 1. The van der Waals surface area contributed by atoms with Crippen LogP contribution in [-0.2, 0) is 17.6 Å². The van der Waals surface area contributed by atoms with Gasteiger partial charge in [0.2, 0.25) is 5.95 Å². The van der Waals surface area contributed by atoms with Gasteiger partial charge in [-0.05, 0) is 43.5 Å². The third kappa shape index (κ3) is 3.64. The SMILES string of the molecule is CCc1nnc(Nc2ccc(N3CCOCC3)c(C)c2)nc1CC. The van der Waals surface area contributed by atoms with E-state index in [-0.39, 0.29) is 0 Å². The van der Waals surface area contributed by atoms with E-state index in [9.17, 15) is 0 Å². The number of nitrogens with one attached hydrogen (secondary N) is 1. The molecule has 0 radical (unpaired) electrons. The number of anilines is 3. The number of aryl methyl sites for hydroxylation is 3. The molecule has 1 aromatic heterocycles. The molecule has 1 fully saturated rings. The summed E-state index contributed by atoms with van der Waals surface area (Å²) in [5.74, 6) is 0.558. The Morgan fingerprint density at radius 3 is 2.50 bits per heavy atom. The van der Waals surface area contributed by atoms with Crippen LogP contribution in [0.25, 0.3) is 0 Å². The van der Waals surface area contributed by atoms with E-state index in [0.29, 0.717) is 5.95 Å². The fourth-order valence-corrected chi connectivity index (χ4v) is 3.01. The highest BCUT2D eigenvalue weighted by atomic mass is 16.5. The van der Waals surface area contributed by atoms with Gasteiger partial charge in [0.05, 0.1) is 24.6 Å². The zero-order chi connectivity index (χ0) is 16.9. The first-order valence-electron chi connectivity index (χ1n) is 8.64. The molecule has 6 nitrogen and oxygen atoms in total. The lowest BCUT2D eigenvalue weighted by molar-refractivity contribution is 0.122. The third-order valence-electron chi connectivity index (χ3n) is 4.31. The maximum Gasteiger partial charge on any atom is 0.247 e. The average molecular weight is 327 g/mol. The Hall–Kier alpha value is -2.21. The highest BCUT2D eigenvalue weighted by Gasteiger charge is 2.14. The number of benzene rings is 1. The lowest BCUT2D eigenvalue weighted by Crippen LogP contribution is -2.36. The summed E-state index contributed by atoms with van der Waals surface area (Å²) >= 11 is 0. The number of aromatic nitrogens is 3. The van der Waals surface area contributed by atoms with Gasteiger partial charge in [-0.3, -0.25) is 0 Å². The molecule has 0 saturated carbocycles. The van der Waals surface area contributed by atoms with Crippen LogP contribution in [0.4, 0.5) is 17.3 Å². The molecule has 1 aromatic carbocycles. The van der Waals surface area contributed by atoms with Crippen LogP contribution in [-0.4, -0.2) is 41.5 Å². The zero-order valence-electron chi connectivity index (χ0n) is 14.7. The predicted molar refractivity (Wildman–Crippen MR) is 96.1 cm³/mol. The number of hydrogen-bond acceptors (Lipinski definition) is 6. The van der Waals surface area contributed by atoms with E-state index in [4.69, 9.17) is 4.74 Å². The maximum atomic E-state index is 5.43. The molecule has 0 amide bonds. The van der Waals surface area contributed by atoms with Gasteiger partial charge in [-0.15, -0.1) is 10.2 Å². The highest BCUT2D eigenvalue weighted by Crippen LogP contribution is 2.25. The molecule has 2 aromatic rings. The predicted octanol–water partition coefficient (Wildman–Crippen LogP) is 2.89. The van der Waals surface area contributed by atoms with E-state index in [2.05, 4.69) is 64.4 Å². The summed E-state index contributed by atoms with van der Waals surface area (Å²) in [5, 5.41) is 11.7. The summed E-state index contributed by atoms with van der Waals surface area (Å²) in [6.45, 7) is 9.77. The minimum Gasteiger partial charge on any atom is -0.378 e. The van der Waals surface area contributed by atoms with E-state index in [1.807, 2.05) is 0 Å². The van der Waals surface area contributed by atoms with E-state index in [1.165, 1.54) is 11.3 Å². The second-order valence-electron chi connectivity index (χ2n) is 5.96. The van der Waals surface area contributed by atoms with Gasteiger partial charge < -0.3 is 15.0 Å².